The molecule has 1 aromatic carbocycles. The average molecular weight is 313 g/mol. The molecule has 0 bridgehead atoms. The molecule has 2 atom stereocenters. The molecule has 0 saturated carbocycles. The van der Waals surface area contributed by atoms with Crippen molar-refractivity contribution in [1.29, 1.82) is 0 Å². The van der Waals surface area contributed by atoms with E-state index in [0.717, 1.165) is 24.9 Å². The van der Waals surface area contributed by atoms with Gasteiger partial charge in [0.1, 0.15) is 6.04 Å². The van der Waals surface area contributed by atoms with Crippen LogP contribution in [0.1, 0.15) is 18.4 Å². The van der Waals surface area contributed by atoms with Crippen molar-refractivity contribution >= 4 is 24.2 Å². The normalized spacial score (nSPS) is 18.4. The minimum Gasteiger partial charge on any atom is -0.343 e. The fraction of sp³-hybridized carbons (Fsp3) is 0.429. The number of rotatable bonds is 5. The van der Waals surface area contributed by atoms with Crippen LogP contribution in [0.2, 0.25) is 0 Å². The summed E-state index contributed by atoms with van der Waals surface area (Å²) in [6, 6.07) is 8.66. The topological polar surface area (TPSA) is 96.2 Å². The number of amides is 2. The summed E-state index contributed by atoms with van der Waals surface area (Å²) in [5.41, 5.74) is 3.08. The second-order valence-electron chi connectivity index (χ2n) is 4.91. The van der Waals surface area contributed by atoms with Crippen LogP contribution in [0.4, 0.5) is 0 Å². The molecule has 0 aromatic heterocycles. The van der Waals surface area contributed by atoms with Crippen LogP contribution < -0.4 is 21.9 Å². The van der Waals surface area contributed by atoms with Crippen molar-refractivity contribution in [3.63, 3.8) is 0 Å². The molecule has 2 unspecified atom stereocenters. The van der Waals surface area contributed by atoms with Gasteiger partial charge in [-0.05, 0) is 24.9 Å². The van der Waals surface area contributed by atoms with Gasteiger partial charge in [-0.2, -0.15) is 0 Å². The number of carbonyl (C=O) groups excluding carboxylic acids is 2. The van der Waals surface area contributed by atoms with Crippen LogP contribution in [0.25, 0.3) is 0 Å². The summed E-state index contributed by atoms with van der Waals surface area (Å²) in [5.74, 6) is 4.65. The molecule has 1 aliphatic rings. The number of halogens is 1. The minimum atomic E-state index is -0.655. The monoisotopic (exact) mass is 312 g/mol. The van der Waals surface area contributed by atoms with Crippen LogP contribution >= 0.6 is 12.4 Å². The maximum atomic E-state index is 12.1. The van der Waals surface area contributed by atoms with Gasteiger partial charge in [-0.25, -0.2) is 5.84 Å². The third kappa shape index (κ3) is 5.00. The number of benzene rings is 1. The molecule has 21 heavy (non-hydrogen) atoms. The van der Waals surface area contributed by atoms with E-state index in [1.165, 1.54) is 0 Å². The van der Waals surface area contributed by atoms with E-state index in [4.69, 9.17) is 5.84 Å². The van der Waals surface area contributed by atoms with E-state index in [1.54, 1.807) is 0 Å². The van der Waals surface area contributed by atoms with E-state index in [0.29, 0.717) is 6.42 Å². The molecule has 116 valence electrons. The summed E-state index contributed by atoms with van der Waals surface area (Å²) in [6.07, 6.45) is 2.20. The Morgan fingerprint density at radius 1 is 1.33 bits per heavy atom. The summed E-state index contributed by atoms with van der Waals surface area (Å²) in [7, 11) is 0. The van der Waals surface area contributed by atoms with E-state index < -0.39 is 6.04 Å². The molecule has 1 aromatic rings. The lowest BCUT2D eigenvalue weighted by Crippen LogP contribution is -2.53. The van der Waals surface area contributed by atoms with Gasteiger partial charge < -0.3 is 10.6 Å². The molecule has 1 fully saturated rings. The van der Waals surface area contributed by atoms with Crippen LogP contribution in [0.5, 0.6) is 0 Å². The first-order valence-electron chi connectivity index (χ1n) is 6.79. The zero-order chi connectivity index (χ0) is 14.4. The molecule has 0 aliphatic carbocycles. The molecule has 0 spiro atoms. The summed E-state index contributed by atoms with van der Waals surface area (Å²) >= 11 is 0. The van der Waals surface area contributed by atoms with Crippen molar-refractivity contribution in [2.24, 2.45) is 5.84 Å². The molecular formula is C14H21ClN4O2. The van der Waals surface area contributed by atoms with Gasteiger partial charge in [0.05, 0.1) is 6.04 Å². The molecular weight excluding hydrogens is 292 g/mol. The Hall–Kier alpha value is -1.63. The smallest absolute Gasteiger partial charge is 0.256 e. The largest absolute Gasteiger partial charge is 0.343 e. The fourth-order valence-electron chi connectivity index (χ4n) is 2.34. The van der Waals surface area contributed by atoms with Crippen LogP contribution in [-0.4, -0.2) is 30.4 Å². The lowest BCUT2D eigenvalue weighted by atomic mass is 10.0. The highest BCUT2D eigenvalue weighted by atomic mass is 35.5. The molecule has 5 N–H and O–H groups in total. The van der Waals surface area contributed by atoms with Crippen molar-refractivity contribution in [2.45, 2.75) is 31.3 Å². The Morgan fingerprint density at radius 3 is 2.62 bits per heavy atom. The molecule has 1 aliphatic heterocycles. The lowest BCUT2D eigenvalue weighted by Gasteiger charge is -2.19. The van der Waals surface area contributed by atoms with Crippen molar-refractivity contribution < 1.29 is 9.59 Å². The predicted octanol–water partition coefficient (Wildman–Crippen LogP) is -0.122. The summed E-state index contributed by atoms with van der Waals surface area (Å²) < 4.78 is 0. The molecule has 1 heterocycles. The van der Waals surface area contributed by atoms with Crippen molar-refractivity contribution in [3.8, 4) is 0 Å². The van der Waals surface area contributed by atoms with E-state index >= 15 is 0 Å². The van der Waals surface area contributed by atoms with Gasteiger partial charge in [0.2, 0.25) is 5.91 Å². The van der Waals surface area contributed by atoms with Gasteiger partial charge >= 0.3 is 0 Å². The van der Waals surface area contributed by atoms with E-state index in [-0.39, 0.29) is 30.3 Å². The Labute approximate surface area is 130 Å². The average Bonchev–Trinajstić information content (AvgIpc) is 3.01. The Morgan fingerprint density at radius 2 is 2.05 bits per heavy atom. The van der Waals surface area contributed by atoms with E-state index in [1.807, 2.05) is 30.3 Å². The fourth-order valence-corrected chi connectivity index (χ4v) is 2.34. The molecule has 1 saturated heterocycles. The second-order valence-corrected chi connectivity index (χ2v) is 4.91. The number of hydrogen-bond acceptors (Lipinski definition) is 4. The van der Waals surface area contributed by atoms with Gasteiger partial charge in [0, 0.05) is 6.42 Å². The number of nitrogens with two attached hydrogens (primary N) is 1. The van der Waals surface area contributed by atoms with Gasteiger partial charge in [-0.1, -0.05) is 30.3 Å². The van der Waals surface area contributed by atoms with Gasteiger partial charge in [0.15, 0.2) is 0 Å². The second kappa shape index (κ2) is 8.61. The van der Waals surface area contributed by atoms with Crippen LogP contribution in [0.15, 0.2) is 30.3 Å². The van der Waals surface area contributed by atoms with Crippen LogP contribution in [0.3, 0.4) is 0 Å². The maximum absolute atomic E-state index is 12.1. The highest BCUT2D eigenvalue weighted by Crippen LogP contribution is 2.07. The zero-order valence-electron chi connectivity index (χ0n) is 11.7. The number of carbonyl (C=O) groups is 2. The number of hydrazine groups is 1. The van der Waals surface area contributed by atoms with Crippen molar-refractivity contribution in [2.75, 3.05) is 6.54 Å². The molecule has 0 radical (unpaired) electrons. The third-order valence-electron chi connectivity index (χ3n) is 3.43. The Kier molecular flexibility index (Phi) is 7.14. The summed E-state index contributed by atoms with van der Waals surface area (Å²) in [5, 5.41) is 5.87. The van der Waals surface area contributed by atoms with Gasteiger partial charge in [0.25, 0.3) is 5.91 Å². The van der Waals surface area contributed by atoms with E-state index in [9.17, 15) is 9.59 Å². The molecule has 6 nitrogen and oxygen atoms in total. The summed E-state index contributed by atoms with van der Waals surface area (Å²) in [4.78, 5) is 23.9. The highest BCUT2D eigenvalue weighted by molar-refractivity contribution is 5.89. The van der Waals surface area contributed by atoms with E-state index in [2.05, 4.69) is 16.1 Å². The van der Waals surface area contributed by atoms with Gasteiger partial charge in [-0.15, -0.1) is 12.4 Å². The van der Waals surface area contributed by atoms with Crippen molar-refractivity contribution in [1.82, 2.24) is 16.1 Å². The number of hydrogen-bond donors (Lipinski definition) is 4. The number of nitrogens with one attached hydrogen (secondary N) is 3. The minimum absolute atomic E-state index is 0. The molecule has 2 amide bonds. The first-order valence-corrected chi connectivity index (χ1v) is 6.79. The van der Waals surface area contributed by atoms with Crippen LogP contribution in [-0.2, 0) is 16.0 Å². The standard InChI is InChI=1S/C14H20N4O2.ClH/c15-18-14(20)12(9-10-5-2-1-3-6-10)17-13(19)11-7-4-8-16-11;/h1-3,5-6,11-12,16H,4,7-9,15H2,(H,17,19)(H,18,20);1H. The maximum Gasteiger partial charge on any atom is 0.256 e. The Bertz CT molecular complexity index is 463. The molecule has 2 rings (SSSR count). The SMILES string of the molecule is Cl.NNC(=O)C(Cc1ccccc1)NC(=O)C1CCCN1. The van der Waals surface area contributed by atoms with Crippen LogP contribution in [0, 0.1) is 0 Å². The van der Waals surface area contributed by atoms with Crippen molar-refractivity contribution in [3.05, 3.63) is 35.9 Å². The first kappa shape index (κ1) is 17.4. The predicted molar refractivity (Wildman–Crippen MR) is 82.7 cm³/mol. The zero-order valence-corrected chi connectivity index (χ0v) is 12.5. The molecule has 7 heteroatoms. The Balaban J connectivity index is 0.00000220. The third-order valence-corrected chi connectivity index (χ3v) is 3.43. The quantitative estimate of drug-likeness (QED) is 0.346. The lowest BCUT2D eigenvalue weighted by molar-refractivity contribution is -0.129. The van der Waals surface area contributed by atoms with Gasteiger partial charge in [-0.3, -0.25) is 15.0 Å². The first-order chi connectivity index (χ1) is 9.70. The highest BCUT2D eigenvalue weighted by Gasteiger charge is 2.27. The summed E-state index contributed by atoms with van der Waals surface area (Å²) in [6.45, 7) is 0.838.